The number of halogens is 1. The molecule has 37 nitrogen and oxygen atoms in total. The standard InChI is InChI=1S/C80H114FN11O26/c1-7-80(104)58-44-64-71-56(46-91(64)76(100)57(58)49-117-77(80)101)69-60(15-14-55-52(5)59(81)45-63(87-71)68(55)69)89-79(103)118-48-53-10-12-54(13-11-53)85-72(96)61(9-8-18-84-78(82)102)88-74(98)70(50(2)3)90-73(97)62(86-66(94)47-92-67(95)43-51(4)75(92)99)16-19-83-65(93)17-20-106-23-24-108-27-28-110-31-32-112-35-36-114-39-40-116-42-41-115-38-37-113-34-33-111-30-29-109-26-25-107-22-21-105-6/h10-13,44-45,50-51,60-62,70,104H,7-9,14-43,46-49H2,1-6H3,(H,83,93)(H,85,96)(H,86,94)(H,88,98)(H,89,103)(H,90,97)(H3,82,84,102)/t51?,60-,61-,62-,70-,80-/m0/s1. The fourth-order valence-electron chi connectivity index (χ4n) is 13.5. The van der Waals surface area contributed by atoms with Gasteiger partial charge >= 0.3 is 18.1 Å². The molecule has 0 spiro atoms. The number of pyridine rings is 2. The minimum absolute atomic E-state index is 0.0237. The van der Waals surface area contributed by atoms with E-state index >= 15 is 4.39 Å². The lowest BCUT2D eigenvalue weighted by atomic mass is 9.81. The van der Waals surface area contributed by atoms with Gasteiger partial charge in [-0.2, -0.15) is 0 Å². The molecule has 3 aliphatic heterocycles. The van der Waals surface area contributed by atoms with Gasteiger partial charge in [0.25, 0.3) is 5.56 Å². The number of amides is 10. The number of hydrogen-bond acceptors (Lipinski definition) is 27. The monoisotopic (exact) mass is 1660 g/mol. The topological polar surface area (TPSA) is 469 Å². The van der Waals surface area contributed by atoms with Crippen LogP contribution in [-0.4, -0.2) is 276 Å². The van der Waals surface area contributed by atoms with E-state index in [4.69, 9.17) is 77.0 Å². The Labute approximate surface area is 683 Å². The van der Waals surface area contributed by atoms with Crippen molar-refractivity contribution < 1.29 is 124 Å². The maximum Gasteiger partial charge on any atom is 0.407 e. The molecule has 1 unspecified atom stereocenters. The predicted molar refractivity (Wildman–Crippen MR) is 420 cm³/mol. The van der Waals surface area contributed by atoms with E-state index in [2.05, 4.69) is 37.2 Å². The summed E-state index contributed by atoms with van der Waals surface area (Å²) in [6.07, 6.45) is -0.454. The molecule has 2 aromatic carbocycles. The minimum atomic E-state index is -2.08. The number of urea groups is 1. The maximum atomic E-state index is 15.6. The van der Waals surface area contributed by atoms with Gasteiger partial charge in [-0.05, 0) is 91.8 Å². The van der Waals surface area contributed by atoms with Gasteiger partial charge in [0.1, 0.15) is 43.7 Å². The van der Waals surface area contributed by atoms with Crippen molar-refractivity contribution in [1.82, 2.24) is 46.4 Å². The number of carbonyl (C=O) groups excluding carboxylic acids is 10. The first-order valence-electron chi connectivity index (χ1n) is 40.0. The molecule has 118 heavy (non-hydrogen) atoms. The van der Waals surface area contributed by atoms with Crippen LogP contribution in [0, 0.1) is 24.6 Å². The number of cyclic esters (lactones) is 1. The molecule has 38 heteroatoms. The number of methoxy groups -OCH3 is 1. The summed E-state index contributed by atoms with van der Waals surface area (Å²) in [7, 11) is 1.63. The number of carbonyl (C=O) groups is 10. The molecule has 1 saturated heterocycles. The van der Waals surface area contributed by atoms with Crippen LogP contribution in [0.5, 0.6) is 0 Å². The molecule has 10 N–H and O–H groups in total. The molecule has 2 aromatic heterocycles. The van der Waals surface area contributed by atoms with Crippen LogP contribution in [0.2, 0.25) is 0 Å². The fourth-order valence-corrected chi connectivity index (χ4v) is 13.5. The highest BCUT2D eigenvalue weighted by Crippen LogP contribution is 2.46. The highest BCUT2D eigenvalue weighted by molar-refractivity contribution is 6.06. The third kappa shape index (κ3) is 28.5. The third-order valence-electron chi connectivity index (χ3n) is 19.9. The number of aliphatic hydroxyl groups is 1. The summed E-state index contributed by atoms with van der Waals surface area (Å²) in [4.78, 5) is 153. The van der Waals surface area contributed by atoms with Crippen molar-refractivity contribution in [3.63, 3.8) is 0 Å². The number of rotatable bonds is 57. The van der Waals surface area contributed by atoms with E-state index in [1.165, 1.54) is 22.8 Å². The van der Waals surface area contributed by atoms with Crippen LogP contribution < -0.4 is 48.5 Å². The molecule has 1 aliphatic carbocycles. The average Bonchev–Trinajstić information content (AvgIpc) is 1.51. The molecule has 10 amide bonds. The van der Waals surface area contributed by atoms with Crippen molar-refractivity contribution in [2.24, 2.45) is 17.6 Å². The molecule has 4 aromatic rings. The summed E-state index contributed by atoms with van der Waals surface area (Å²) < 4.78 is 93.4. The minimum Gasteiger partial charge on any atom is -0.458 e. The zero-order chi connectivity index (χ0) is 84.9. The first kappa shape index (κ1) is 94.2. The number of nitrogens with two attached hydrogens (primary N) is 1. The van der Waals surface area contributed by atoms with Crippen LogP contribution in [0.4, 0.5) is 19.7 Å². The van der Waals surface area contributed by atoms with Gasteiger partial charge in [-0.15, -0.1) is 0 Å². The Kier molecular flexibility index (Phi) is 39.4. The van der Waals surface area contributed by atoms with E-state index in [0.717, 1.165) is 4.90 Å². The smallest absolute Gasteiger partial charge is 0.407 e. The number of nitrogens with zero attached hydrogens (tertiary/aromatic N) is 3. The number of esters is 1. The van der Waals surface area contributed by atoms with Crippen molar-refractivity contribution in [3.05, 3.63) is 91.5 Å². The Hall–Kier alpha value is -9.29. The third-order valence-corrected chi connectivity index (χ3v) is 19.9. The summed E-state index contributed by atoms with van der Waals surface area (Å²) in [6.45, 7) is 15.9. The molecule has 1 fully saturated rings. The second kappa shape index (κ2) is 49.3. The zero-order valence-electron chi connectivity index (χ0n) is 68.0. The SMILES string of the molecule is CC[C@@]1(O)C(=O)OCc2c1cc1n(c2=O)Cc2c-1nc1cc(F)c(C)c3c1c2[C@@H](NC(=O)OCc1ccc(NC(=O)[C@H](CCCNC(N)=O)NC(=O)[C@@H](NC(=O)[C@H](CCNC(=O)CCOCCOCCOCCOCCOCCOCCOCCOCCOCCOCCOCCOC)NC(=O)CN2C(=O)CC(C)C2=O)C(C)C)cc1)CC3. The normalized spacial score (nSPS) is 16.7. The van der Waals surface area contributed by atoms with Crippen molar-refractivity contribution in [2.45, 2.75) is 136 Å². The van der Waals surface area contributed by atoms with Gasteiger partial charge in [-0.3, -0.25) is 43.3 Å². The highest BCUT2D eigenvalue weighted by atomic mass is 19.1. The summed E-state index contributed by atoms with van der Waals surface area (Å²) in [5.74, 6) is -7.48. The van der Waals surface area contributed by atoms with Gasteiger partial charge in [-0.25, -0.2) is 23.8 Å². The van der Waals surface area contributed by atoms with E-state index in [1.807, 2.05) is 0 Å². The van der Waals surface area contributed by atoms with Crippen LogP contribution in [0.1, 0.15) is 118 Å². The van der Waals surface area contributed by atoms with E-state index in [0.29, 0.717) is 195 Å². The Morgan fingerprint density at radius 2 is 1.22 bits per heavy atom. The number of fused-ring (bicyclic) bond motifs is 5. The predicted octanol–water partition coefficient (Wildman–Crippen LogP) is 2.06. The van der Waals surface area contributed by atoms with Gasteiger partial charge in [0.2, 0.25) is 41.4 Å². The highest BCUT2D eigenvalue weighted by Gasteiger charge is 2.46. The van der Waals surface area contributed by atoms with Gasteiger partial charge in [0, 0.05) is 67.2 Å². The number of ether oxygens (including phenoxy) is 14. The summed E-state index contributed by atoms with van der Waals surface area (Å²) in [5.41, 5.74) is 7.03. The Morgan fingerprint density at radius 1 is 0.669 bits per heavy atom. The Morgan fingerprint density at radius 3 is 1.75 bits per heavy atom. The quantitative estimate of drug-likeness (QED) is 0.0153. The number of imide groups is 1. The molecular formula is C80H114FN11O26. The molecule has 0 saturated carbocycles. The van der Waals surface area contributed by atoms with Crippen molar-refractivity contribution >= 4 is 76.0 Å². The number of benzene rings is 2. The second-order valence-corrected chi connectivity index (χ2v) is 28.7. The van der Waals surface area contributed by atoms with Gasteiger partial charge in [0.05, 0.1) is 187 Å². The van der Waals surface area contributed by atoms with E-state index < -0.39 is 119 Å². The largest absolute Gasteiger partial charge is 0.458 e. The molecule has 652 valence electrons. The number of primary amides is 1. The van der Waals surface area contributed by atoms with Crippen LogP contribution in [0.15, 0.2) is 41.2 Å². The lowest BCUT2D eigenvalue weighted by Crippen LogP contribution is -2.58. The summed E-state index contributed by atoms with van der Waals surface area (Å²) in [6, 6.07) is 3.57. The Balaban J connectivity index is 0.730. The number of aryl methyl sites for hydroxylation is 1. The molecule has 8 rings (SSSR count). The maximum absolute atomic E-state index is 15.6. The molecule has 0 radical (unpaired) electrons. The number of nitrogens with one attached hydrogen (secondary N) is 7. The number of likely N-dealkylation sites (tertiary alicyclic amines) is 1. The average molecular weight is 1660 g/mol. The second-order valence-electron chi connectivity index (χ2n) is 28.7. The van der Waals surface area contributed by atoms with Crippen molar-refractivity contribution in [3.8, 4) is 11.4 Å². The van der Waals surface area contributed by atoms with Crippen LogP contribution in [0.25, 0.3) is 22.3 Å². The first-order chi connectivity index (χ1) is 56.9. The molecular weight excluding hydrogens is 1550 g/mol. The van der Waals surface area contributed by atoms with Crippen LogP contribution in [0.3, 0.4) is 0 Å². The number of hydrogen-bond donors (Lipinski definition) is 9. The van der Waals surface area contributed by atoms with Gasteiger partial charge in [-0.1, -0.05) is 39.8 Å². The summed E-state index contributed by atoms with van der Waals surface area (Å²) >= 11 is 0. The number of alkyl carbamates (subject to hydrolysis) is 1. The number of aromatic nitrogens is 2. The zero-order valence-corrected chi connectivity index (χ0v) is 68.0. The lowest BCUT2D eigenvalue weighted by Gasteiger charge is -2.31. The fraction of sp³-hybridized carbons (Fsp3) is 0.625. The van der Waals surface area contributed by atoms with E-state index in [9.17, 15) is 57.8 Å². The van der Waals surface area contributed by atoms with E-state index in [1.54, 1.807) is 59.9 Å². The summed E-state index contributed by atoms with van der Waals surface area (Å²) in [5, 5.41) is 30.9. The van der Waals surface area contributed by atoms with Crippen LogP contribution in [-0.2, 0) is 136 Å². The first-order valence-corrected chi connectivity index (χ1v) is 40.0. The van der Waals surface area contributed by atoms with Gasteiger partial charge in [0.15, 0.2) is 5.60 Å². The van der Waals surface area contributed by atoms with Gasteiger partial charge < -0.3 is 119 Å². The molecule has 0 bridgehead atoms. The van der Waals surface area contributed by atoms with Crippen LogP contribution >= 0.6 is 0 Å². The van der Waals surface area contributed by atoms with Crippen molar-refractivity contribution in [1.29, 1.82) is 0 Å². The molecule has 6 atom stereocenters. The lowest BCUT2D eigenvalue weighted by molar-refractivity contribution is -0.172. The van der Waals surface area contributed by atoms with Crippen molar-refractivity contribution in [2.75, 3.05) is 184 Å². The van der Waals surface area contributed by atoms with E-state index in [-0.39, 0.29) is 108 Å². The molecule has 5 heterocycles. The molecule has 4 aliphatic rings. The number of anilines is 1. The Bertz CT molecular complexity index is 4080.